The number of aryl methyl sites for hydroxylation is 2. The molecule has 1 fully saturated rings. The lowest BCUT2D eigenvalue weighted by Crippen LogP contribution is -2.24. The molecular formula is C12H13ClO. The zero-order valence-electron chi connectivity index (χ0n) is 8.43. The maximum absolute atomic E-state index is 11.4. The summed E-state index contributed by atoms with van der Waals surface area (Å²) < 4.78 is 0. The van der Waals surface area contributed by atoms with Crippen LogP contribution in [0.1, 0.15) is 35.4 Å². The molecule has 2 rings (SSSR count). The molecule has 1 unspecified atom stereocenters. The van der Waals surface area contributed by atoms with Crippen LogP contribution in [0.3, 0.4) is 0 Å². The Labute approximate surface area is 89.1 Å². The molecule has 0 spiro atoms. The average Bonchev–Trinajstić information content (AvgIpc) is 2.08. The number of carbonyl (C=O) groups is 1. The number of halogens is 1. The minimum Gasteiger partial charge on any atom is -0.299 e. The summed E-state index contributed by atoms with van der Waals surface area (Å²) in [7, 11) is 0. The highest BCUT2D eigenvalue weighted by atomic mass is 35.5. The number of hydrogen-bond donors (Lipinski definition) is 0. The van der Waals surface area contributed by atoms with Crippen molar-refractivity contribution in [2.24, 2.45) is 0 Å². The monoisotopic (exact) mass is 208 g/mol. The van der Waals surface area contributed by atoms with Crippen molar-refractivity contribution in [2.45, 2.75) is 32.6 Å². The second kappa shape index (κ2) is 3.39. The van der Waals surface area contributed by atoms with E-state index in [1.165, 1.54) is 5.56 Å². The Balaban J connectivity index is 2.47. The van der Waals surface area contributed by atoms with E-state index in [2.05, 4.69) is 0 Å². The molecule has 1 aliphatic carbocycles. The van der Waals surface area contributed by atoms with E-state index in [1.54, 1.807) is 0 Å². The van der Waals surface area contributed by atoms with Gasteiger partial charge in [0.25, 0.3) is 0 Å². The minimum absolute atomic E-state index is 0.146. The first-order valence-electron chi connectivity index (χ1n) is 4.89. The number of carbonyl (C=O) groups excluding carboxylic acids is 1. The summed E-state index contributed by atoms with van der Waals surface area (Å²) in [6, 6.07) is 3.88. The summed E-state index contributed by atoms with van der Waals surface area (Å²) in [4.78, 5) is 11.4. The van der Waals surface area contributed by atoms with Crippen molar-refractivity contribution in [2.75, 3.05) is 0 Å². The molecule has 0 aliphatic heterocycles. The number of rotatable bonds is 1. The Morgan fingerprint density at radius 2 is 1.86 bits per heavy atom. The van der Waals surface area contributed by atoms with Gasteiger partial charge >= 0.3 is 0 Å². The fraction of sp³-hybridized carbons (Fsp3) is 0.417. The topological polar surface area (TPSA) is 17.1 Å². The van der Waals surface area contributed by atoms with Crippen LogP contribution in [-0.4, -0.2) is 5.78 Å². The number of hydrogen-bond acceptors (Lipinski definition) is 1. The Kier molecular flexibility index (Phi) is 2.36. The van der Waals surface area contributed by atoms with Gasteiger partial charge in [-0.3, -0.25) is 4.79 Å². The van der Waals surface area contributed by atoms with Gasteiger partial charge in [0.05, 0.1) is 0 Å². The van der Waals surface area contributed by atoms with E-state index in [-0.39, 0.29) is 5.92 Å². The van der Waals surface area contributed by atoms with Crippen molar-refractivity contribution in [3.05, 3.63) is 33.8 Å². The zero-order valence-corrected chi connectivity index (χ0v) is 9.19. The number of Topliss-reactive ketones (excluding diaryl/α,β-unsaturated/α-hetero) is 1. The zero-order chi connectivity index (χ0) is 10.3. The molecule has 1 aromatic rings. The summed E-state index contributed by atoms with van der Waals surface area (Å²) in [5, 5.41) is 0.760. The van der Waals surface area contributed by atoms with Crippen LogP contribution in [0.2, 0.25) is 5.02 Å². The van der Waals surface area contributed by atoms with Gasteiger partial charge in [0.15, 0.2) is 0 Å². The predicted molar refractivity (Wildman–Crippen MR) is 57.9 cm³/mol. The molecule has 1 saturated carbocycles. The third kappa shape index (κ3) is 1.46. The fourth-order valence-electron chi connectivity index (χ4n) is 2.18. The van der Waals surface area contributed by atoms with E-state index in [4.69, 9.17) is 11.6 Å². The minimum atomic E-state index is 0.146. The quantitative estimate of drug-likeness (QED) is 0.692. The highest BCUT2D eigenvalue weighted by Crippen LogP contribution is 2.37. The standard InChI is InChI=1S/C12H13ClO/c1-7-5-9(13)6-8(2)12(7)10-3-4-11(10)14/h5-6,10H,3-4H2,1-2H3. The van der Waals surface area contributed by atoms with E-state index in [1.807, 2.05) is 26.0 Å². The molecule has 0 aromatic heterocycles. The SMILES string of the molecule is Cc1cc(Cl)cc(C)c1C1CCC1=O. The highest BCUT2D eigenvalue weighted by Gasteiger charge is 2.31. The van der Waals surface area contributed by atoms with Crippen molar-refractivity contribution >= 4 is 17.4 Å². The van der Waals surface area contributed by atoms with Crippen molar-refractivity contribution < 1.29 is 4.79 Å². The molecule has 0 radical (unpaired) electrons. The third-order valence-corrected chi connectivity index (χ3v) is 3.19. The van der Waals surface area contributed by atoms with E-state index in [0.717, 1.165) is 29.0 Å². The summed E-state index contributed by atoms with van der Waals surface area (Å²) >= 11 is 5.94. The Morgan fingerprint density at radius 1 is 1.29 bits per heavy atom. The molecule has 1 aliphatic rings. The van der Waals surface area contributed by atoms with E-state index >= 15 is 0 Å². The average molecular weight is 209 g/mol. The molecule has 1 nitrogen and oxygen atoms in total. The van der Waals surface area contributed by atoms with Crippen LogP contribution in [-0.2, 0) is 4.79 Å². The molecule has 74 valence electrons. The maximum atomic E-state index is 11.4. The molecule has 0 heterocycles. The molecule has 0 saturated heterocycles. The summed E-state index contributed by atoms with van der Waals surface area (Å²) in [5.74, 6) is 0.519. The van der Waals surface area contributed by atoms with Gasteiger partial charge in [-0.1, -0.05) is 11.6 Å². The largest absolute Gasteiger partial charge is 0.299 e. The van der Waals surface area contributed by atoms with E-state index in [9.17, 15) is 4.79 Å². The first-order chi connectivity index (χ1) is 6.59. The summed E-state index contributed by atoms with van der Waals surface area (Å²) in [6.07, 6.45) is 1.74. The van der Waals surface area contributed by atoms with Crippen LogP contribution in [0.5, 0.6) is 0 Å². The van der Waals surface area contributed by atoms with Gasteiger partial charge in [0.2, 0.25) is 0 Å². The summed E-state index contributed by atoms with van der Waals surface area (Å²) in [5.41, 5.74) is 3.49. The van der Waals surface area contributed by atoms with Gasteiger partial charge in [0.1, 0.15) is 5.78 Å². The Morgan fingerprint density at radius 3 is 2.21 bits per heavy atom. The first kappa shape index (κ1) is 9.72. The van der Waals surface area contributed by atoms with Crippen LogP contribution < -0.4 is 0 Å². The molecule has 1 aromatic carbocycles. The normalized spacial score (nSPS) is 20.8. The fourth-order valence-corrected chi connectivity index (χ4v) is 2.51. The molecule has 0 bridgehead atoms. The Bertz CT molecular complexity index is 372. The molecule has 0 amide bonds. The Hall–Kier alpha value is -0.820. The van der Waals surface area contributed by atoms with Crippen LogP contribution in [0.15, 0.2) is 12.1 Å². The van der Waals surface area contributed by atoms with Gasteiger partial charge in [-0.25, -0.2) is 0 Å². The smallest absolute Gasteiger partial charge is 0.140 e. The molecular weight excluding hydrogens is 196 g/mol. The van der Waals surface area contributed by atoms with Crippen LogP contribution in [0.4, 0.5) is 0 Å². The van der Waals surface area contributed by atoms with Gasteiger partial charge < -0.3 is 0 Å². The second-order valence-corrected chi connectivity index (χ2v) is 4.45. The van der Waals surface area contributed by atoms with Crippen molar-refractivity contribution in [3.8, 4) is 0 Å². The van der Waals surface area contributed by atoms with E-state index in [0.29, 0.717) is 5.78 Å². The van der Waals surface area contributed by atoms with Gasteiger partial charge in [-0.05, 0) is 49.1 Å². The number of ketones is 1. The van der Waals surface area contributed by atoms with Crippen molar-refractivity contribution in [1.29, 1.82) is 0 Å². The third-order valence-electron chi connectivity index (χ3n) is 2.98. The summed E-state index contributed by atoms with van der Waals surface area (Å²) in [6.45, 7) is 4.06. The van der Waals surface area contributed by atoms with E-state index < -0.39 is 0 Å². The molecule has 14 heavy (non-hydrogen) atoms. The lowest BCUT2D eigenvalue weighted by atomic mass is 9.75. The van der Waals surface area contributed by atoms with Gasteiger partial charge in [0, 0.05) is 17.4 Å². The van der Waals surface area contributed by atoms with Crippen molar-refractivity contribution in [3.63, 3.8) is 0 Å². The van der Waals surface area contributed by atoms with Crippen molar-refractivity contribution in [1.82, 2.24) is 0 Å². The van der Waals surface area contributed by atoms with Crippen LogP contribution in [0.25, 0.3) is 0 Å². The molecule has 1 atom stereocenters. The maximum Gasteiger partial charge on any atom is 0.140 e. The number of benzene rings is 1. The van der Waals surface area contributed by atoms with Gasteiger partial charge in [-0.2, -0.15) is 0 Å². The lowest BCUT2D eigenvalue weighted by Gasteiger charge is -2.27. The lowest BCUT2D eigenvalue weighted by molar-refractivity contribution is -0.125. The van der Waals surface area contributed by atoms with Crippen LogP contribution in [0, 0.1) is 13.8 Å². The first-order valence-corrected chi connectivity index (χ1v) is 5.26. The molecule has 0 N–H and O–H groups in total. The second-order valence-electron chi connectivity index (χ2n) is 4.01. The highest BCUT2D eigenvalue weighted by molar-refractivity contribution is 6.30. The predicted octanol–water partition coefficient (Wildman–Crippen LogP) is 3.40. The van der Waals surface area contributed by atoms with Gasteiger partial charge in [-0.15, -0.1) is 0 Å². The van der Waals surface area contributed by atoms with Crippen LogP contribution >= 0.6 is 11.6 Å². The molecule has 2 heteroatoms.